The molecule has 0 bridgehead atoms. The molecule has 200 valence electrons. The molecule has 0 radical (unpaired) electrons. The smallest absolute Gasteiger partial charge is 0.321 e. The Morgan fingerprint density at radius 2 is 1.97 bits per heavy atom. The molecule has 13 heteroatoms. The van der Waals surface area contributed by atoms with Crippen molar-refractivity contribution in [3.63, 3.8) is 0 Å². The zero-order chi connectivity index (χ0) is 25.9. The van der Waals surface area contributed by atoms with Crippen molar-refractivity contribution in [2.24, 2.45) is 7.05 Å². The van der Waals surface area contributed by atoms with Crippen LogP contribution in [-0.2, 0) is 18.4 Å². The van der Waals surface area contributed by atoms with Crippen molar-refractivity contribution in [2.45, 2.75) is 44.4 Å². The number of pyridine rings is 1. The summed E-state index contributed by atoms with van der Waals surface area (Å²) in [6.07, 6.45) is 8.70. The fraction of sp³-hybridized carbons (Fsp3) is 0.480. The van der Waals surface area contributed by atoms with Crippen LogP contribution in [0.1, 0.15) is 31.4 Å². The Balaban J connectivity index is 1.07. The van der Waals surface area contributed by atoms with Crippen LogP contribution < -0.4 is 25.4 Å². The first-order valence-electron chi connectivity index (χ1n) is 12.9. The molecule has 38 heavy (non-hydrogen) atoms. The zero-order valence-corrected chi connectivity index (χ0v) is 21.4. The Hall–Kier alpha value is -4.13. The van der Waals surface area contributed by atoms with Crippen molar-refractivity contribution < 1.29 is 14.2 Å². The third kappa shape index (κ3) is 5.14. The van der Waals surface area contributed by atoms with Crippen LogP contribution in [-0.4, -0.2) is 72.6 Å². The number of hydrogen-bond acceptors (Lipinski definition) is 11. The Morgan fingerprint density at radius 3 is 2.76 bits per heavy atom. The average Bonchev–Trinajstić information content (AvgIpc) is 3.56. The van der Waals surface area contributed by atoms with Gasteiger partial charge < -0.3 is 34.7 Å². The summed E-state index contributed by atoms with van der Waals surface area (Å²) in [5.41, 5.74) is 7.45. The lowest BCUT2D eigenvalue weighted by atomic mass is 9.93. The highest BCUT2D eigenvalue weighted by molar-refractivity contribution is 5.52. The molecular formula is C25H32N10O3. The van der Waals surface area contributed by atoms with Crippen LogP contribution in [0.4, 0.5) is 17.6 Å². The molecule has 13 nitrogen and oxygen atoms in total. The van der Waals surface area contributed by atoms with E-state index < -0.39 is 0 Å². The number of nitrogens with zero attached hydrogens (tertiary/aromatic N) is 8. The standard InChI is InChI=1S/C25H32N10O3/c1-33-18(14-28-24(33)26)15-37-20-3-2-8-27-23(20)31-17-4-6-19(7-5-17)38-25-32-22(34-9-11-36-12-10-34)13-21-29-16-30-35(21)25/h2-3,8,13-14,16-17,19H,4-7,9-12,15H2,1H3,(H2,26,28)(H,27,31). The minimum absolute atomic E-state index is 0.0441. The molecule has 0 amide bonds. The van der Waals surface area contributed by atoms with Crippen LogP contribution in [0, 0.1) is 0 Å². The number of ether oxygens (including phenoxy) is 3. The van der Waals surface area contributed by atoms with E-state index in [1.165, 1.54) is 6.33 Å². The largest absolute Gasteiger partial charge is 0.483 e. The van der Waals surface area contributed by atoms with Crippen molar-refractivity contribution >= 4 is 23.2 Å². The highest BCUT2D eigenvalue weighted by Crippen LogP contribution is 2.29. The van der Waals surface area contributed by atoms with Crippen molar-refractivity contribution in [3.05, 3.63) is 42.6 Å². The van der Waals surface area contributed by atoms with Gasteiger partial charge in [-0.15, -0.1) is 0 Å². The normalized spacial score (nSPS) is 20.0. The molecule has 5 heterocycles. The van der Waals surface area contributed by atoms with E-state index in [0.29, 0.717) is 37.5 Å². The number of fused-ring (bicyclic) bond motifs is 1. The Bertz CT molecular complexity index is 1370. The molecule has 1 saturated heterocycles. The predicted octanol–water partition coefficient (Wildman–Crippen LogP) is 2.05. The van der Waals surface area contributed by atoms with E-state index in [9.17, 15) is 0 Å². The van der Waals surface area contributed by atoms with E-state index in [0.717, 1.165) is 61.7 Å². The first-order chi connectivity index (χ1) is 18.6. The van der Waals surface area contributed by atoms with Crippen molar-refractivity contribution in [3.8, 4) is 11.8 Å². The van der Waals surface area contributed by atoms with Gasteiger partial charge >= 0.3 is 6.01 Å². The number of anilines is 3. The van der Waals surface area contributed by atoms with Gasteiger partial charge in [-0.1, -0.05) is 0 Å². The molecule has 4 aromatic heterocycles. The van der Waals surface area contributed by atoms with E-state index in [1.807, 2.05) is 29.8 Å². The molecule has 2 fully saturated rings. The van der Waals surface area contributed by atoms with Gasteiger partial charge in [0.05, 0.1) is 25.1 Å². The summed E-state index contributed by atoms with van der Waals surface area (Å²) < 4.78 is 21.4. The van der Waals surface area contributed by atoms with E-state index in [-0.39, 0.29) is 12.1 Å². The second-order valence-corrected chi connectivity index (χ2v) is 9.57. The Kier molecular flexibility index (Phi) is 6.82. The number of nitrogens with two attached hydrogens (primary N) is 1. The molecule has 0 aromatic carbocycles. The average molecular weight is 521 g/mol. The quantitative estimate of drug-likeness (QED) is 0.352. The predicted molar refractivity (Wildman–Crippen MR) is 140 cm³/mol. The fourth-order valence-corrected chi connectivity index (χ4v) is 4.85. The highest BCUT2D eigenvalue weighted by Gasteiger charge is 2.26. The van der Waals surface area contributed by atoms with Gasteiger partial charge in [-0.2, -0.15) is 14.6 Å². The van der Waals surface area contributed by atoms with Gasteiger partial charge in [0, 0.05) is 38.4 Å². The summed E-state index contributed by atoms with van der Waals surface area (Å²) in [6, 6.07) is 6.47. The van der Waals surface area contributed by atoms with Crippen molar-refractivity contribution in [1.29, 1.82) is 0 Å². The summed E-state index contributed by atoms with van der Waals surface area (Å²) in [7, 11) is 1.87. The maximum atomic E-state index is 6.39. The summed E-state index contributed by atoms with van der Waals surface area (Å²) in [6.45, 7) is 3.32. The topological polar surface area (TPSA) is 143 Å². The maximum absolute atomic E-state index is 6.39. The van der Waals surface area contributed by atoms with Crippen LogP contribution in [0.15, 0.2) is 36.9 Å². The summed E-state index contributed by atoms with van der Waals surface area (Å²) in [5.74, 6) is 2.73. The zero-order valence-electron chi connectivity index (χ0n) is 21.4. The van der Waals surface area contributed by atoms with E-state index in [1.54, 1.807) is 16.9 Å². The lowest BCUT2D eigenvalue weighted by molar-refractivity contribution is 0.121. The van der Waals surface area contributed by atoms with Gasteiger partial charge in [-0.05, 0) is 37.8 Å². The van der Waals surface area contributed by atoms with Crippen LogP contribution >= 0.6 is 0 Å². The van der Waals surface area contributed by atoms with Gasteiger partial charge in [0.25, 0.3) is 0 Å². The highest BCUT2D eigenvalue weighted by atomic mass is 16.5. The van der Waals surface area contributed by atoms with Gasteiger partial charge in [0.1, 0.15) is 24.9 Å². The van der Waals surface area contributed by atoms with Crippen LogP contribution in [0.5, 0.6) is 11.8 Å². The van der Waals surface area contributed by atoms with Gasteiger partial charge in [0.2, 0.25) is 0 Å². The minimum atomic E-state index is 0.0441. The number of morpholine rings is 1. The fourth-order valence-electron chi connectivity index (χ4n) is 4.85. The molecule has 0 atom stereocenters. The number of nitrogens with one attached hydrogen (secondary N) is 1. The third-order valence-electron chi connectivity index (χ3n) is 7.11. The molecule has 0 unspecified atom stereocenters. The molecular weight excluding hydrogens is 488 g/mol. The third-order valence-corrected chi connectivity index (χ3v) is 7.11. The Labute approximate surface area is 220 Å². The van der Waals surface area contributed by atoms with E-state index >= 15 is 0 Å². The molecule has 1 saturated carbocycles. The SMILES string of the molecule is Cn1c(COc2cccnc2NC2CCC(Oc3nc(N4CCOCC4)cc4ncnn34)CC2)cnc1N. The molecule has 4 aromatic rings. The first-order valence-corrected chi connectivity index (χ1v) is 12.9. The number of hydrogen-bond donors (Lipinski definition) is 2. The molecule has 3 N–H and O–H groups in total. The van der Waals surface area contributed by atoms with Crippen LogP contribution in [0.25, 0.3) is 5.65 Å². The van der Waals surface area contributed by atoms with Crippen molar-refractivity contribution in [1.82, 2.24) is 34.1 Å². The van der Waals surface area contributed by atoms with Crippen LogP contribution in [0.2, 0.25) is 0 Å². The number of aromatic nitrogens is 7. The maximum Gasteiger partial charge on any atom is 0.321 e. The Morgan fingerprint density at radius 1 is 1.13 bits per heavy atom. The molecule has 1 aliphatic heterocycles. The number of imidazole rings is 1. The molecule has 0 spiro atoms. The summed E-state index contributed by atoms with van der Waals surface area (Å²) in [5, 5.41) is 7.89. The second kappa shape index (κ2) is 10.7. The molecule has 1 aliphatic carbocycles. The molecule has 6 rings (SSSR count). The van der Waals surface area contributed by atoms with E-state index in [4.69, 9.17) is 24.9 Å². The monoisotopic (exact) mass is 520 g/mol. The minimum Gasteiger partial charge on any atom is -0.483 e. The lowest BCUT2D eigenvalue weighted by Crippen LogP contribution is -2.37. The van der Waals surface area contributed by atoms with E-state index in [2.05, 4.69) is 30.3 Å². The van der Waals surface area contributed by atoms with Gasteiger partial charge in [-0.3, -0.25) is 0 Å². The first kappa shape index (κ1) is 24.2. The van der Waals surface area contributed by atoms with Gasteiger partial charge in [-0.25, -0.2) is 15.0 Å². The number of rotatable bonds is 8. The van der Waals surface area contributed by atoms with Crippen LogP contribution in [0.3, 0.4) is 0 Å². The molecule has 2 aliphatic rings. The number of nitrogen functional groups attached to an aromatic ring is 1. The van der Waals surface area contributed by atoms with Crippen molar-refractivity contribution in [2.75, 3.05) is 42.3 Å². The summed E-state index contributed by atoms with van der Waals surface area (Å²) >= 11 is 0. The lowest BCUT2D eigenvalue weighted by Gasteiger charge is -2.30. The summed E-state index contributed by atoms with van der Waals surface area (Å²) in [4.78, 5) is 20.0. The van der Waals surface area contributed by atoms with Gasteiger partial charge in [0.15, 0.2) is 23.2 Å². The second-order valence-electron chi connectivity index (χ2n) is 9.57.